The van der Waals surface area contributed by atoms with Gasteiger partial charge in [-0.3, -0.25) is 14.5 Å². The molecule has 4 heterocycles. The lowest BCUT2D eigenvalue weighted by Crippen LogP contribution is -2.63. The summed E-state index contributed by atoms with van der Waals surface area (Å²) < 4.78 is 1.74. The Bertz CT molecular complexity index is 2140. The highest BCUT2D eigenvalue weighted by atomic mass is 35.5. The van der Waals surface area contributed by atoms with Gasteiger partial charge in [-0.2, -0.15) is 9.61 Å². The molecule has 0 bridgehead atoms. The highest BCUT2D eigenvalue weighted by Crippen LogP contribution is 2.54. The third kappa shape index (κ3) is 3.84. The van der Waals surface area contributed by atoms with Crippen LogP contribution in [0.1, 0.15) is 51.7 Å². The minimum absolute atomic E-state index is 0.244. The summed E-state index contributed by atoms with van der Waals surface area (Å²) in [6, 6.07) is 26.2. The SMILES string of the molecule is Cc1cc2ncc3cc(-c4ccccc4Cl)c(-c4ccc(C5(N6C(=O)c7ccccc7C6=O)CC(C)(O)C5)cc4)nc3n2n1. The predicted molar refractivity (Wildman–Crippen MR) is 167 cm³/mol. The minimum atomic E-state index is -1.01. The first-order valence-electron chi connectivity index (χ1n) is 14.4. The van der Waals surface area contributed by atoms with E-state index in [0.717, 1.165) is 33.3 Å². The first kappa shape index (κ1) is 26.7. The first-order valence-corrected chi connectivity index (χ1v) is 14.8. The number of carbonyl (C=O) groups is 2. The molecule has 2 aliphatic rings. The van der Waals surface area contributed by atoms with Crippen molar-refractivity contribution in [3.8, 4) is 22.4 Å². The van der Waals surface area contributed by atoms with Crippen molar-refractivity contribution in [3.63, 3.8) is 0 Å². The molecule has 3 aromatic carbocycles. The number of pyridine rings is 1. The smallest absolute Gasteiger partial charge is 0.262 e. The van der Waals surface area contributed by atoms with Gasteiger partial charge in [0, 0.05) is 52.2 Å². The Morgan fingerprint density at radius 1 is 0.841 bits per heavy atom. The number of aryl methyl sites for hydroxylation is 1. The Morgan fingerprint density at radius 2 is 1.48 bits per heavy atom. The van der Waals surface area contributed by atoms with Crippen LogP contribution in [0.15, 0.2) is 91.1 Å². The van der Waals surface area contributed by atoms with Gasteiger partial charge < -0.3 is 5.11 Å². The van der Waals surface area contributed by atoms with E-state index in [0.29, 0.717) is 33.1 Å². The van der Waals surface area contributed by atoms with Crippen molar-refractivity contribution in [1.82, 2.24) is 24.5 Å². The van der Waals surface area contributed by atoms with E-state index in [9.17, 15) is 14.7 Å². The van der Waals surface area contributed by atoms with Gasteiger partial charge in [-0.05, 0) is 43.7 Å². The number of aromatic nitrogens is 4. The molecule has 3 aromatic heterocycles. The molecule has 0 atom stereocenters. The summed E-state index contributed by atoms with van der Waals surface area (Å²) in [5.41, 5.74) is 4.97. The lowest BCUT2D eigenvalue weighted by atomic mass is 9.61. The molecule has 8 rings (SSSR count). The lowest BCUT2D eigenvalue weighted by molar-refractivity contribution is -0.118. The van der Waals surface area contributed by atoms with Gasteiger partial charge in [-0.15, -0.1) is 0 Å². The van der Waals surface area contributed by atoms with Crippen molar-refractivity contribution in [3.05, 3.63) is 119 Å². The molecule has 2 amide bonds. The van der Waals surface area contributed by atoms with Crippen molar-refractivity contribution >= 4 is 40.1 Å². The molecule has 44 heavy (non-hydrogen) atoms. The summed E-state index contributed by atoms with van der Waals surface area (Å²) in [7, 11) is 0. The van der Waals surface area contributed by atoms with Crippen LogP contribution >= 0.6 is 11.6 Å². The van der Waals surface area contributed by atoms with Crippen molar-refractivity contribution < 1.29 is 14.7 Å². The Kier molecular flexibility index (Phi) is 5.63. The molecule has 0 spiro atoms. The Balaban J connectivity index is 1.28. The standard InChI is InChI=1S/C35H26ClN5O3/c1-20-15-29-37-17-22-16-27(24-7-5-6-10-28(24)36)30(38-31(22)41(29)39-20)21-11-13-23(14-12-21)35(18-34(2,44)19-35)40-32(42)25-8-3-4-9-26(25)33(40)43/h3-17,44H,18-19H2,1-2H3. The lowest BCUT2D eigenvalue weighted by Gasteiger charge is -2.55. The molecule has 1 aliphatic heterocycles. The first-order chi connectivity index (χ1) is 21.1. The zero-order valence-corrected chi connectivity index (χ0v) is 24.7. The van der Waals surface area contributed by atoms with Crippen LogP contribution in [-0.2, 0) is 5.54 Å². The number of fused-ring (bicyclic) bond motifs is 4. The molecule has 1 N–H and O–H groups in total. The number of rotatable bonds is 4. The number of imide groups is 1. The zero-order valence-electron chi connectivity index (χ0n) is 24.0. The highest BCUT2D eigenvalue weighted by Gasteiger charge is 2.60. The van der Waals surface area contributed by atoms with E-state index in [1.165, 1.54) is 4.90 Å². The normalized spacial score (nSPS) is 21.2. The van der Waals surface area contributed by atoms with Crippen LogP contribution in [0.3, 0.4) is 0 Å². The van der Waals surface area contributed by atoms with Crippen LogP contribution < -0.4 is 0 Å². The van der Waals surface area contributed by atoms with Gasteiger partial charge in [-0.25, -0.2) is 9.97 Å². The average Bonchev–Trinajstić information content (AvgIpc) is 3.51. The molecule has 8 nitrogen and oxygen atoms in total. The molecule has 216 valence electrons. The summed E-state index contributed by atoms with van der Waals surface area (Å²) in [4.78, 5) is 38.2. The maximum Gasteiger partial charge on any atom is 0.262 e. The molecular formula is C35H26ClN5O3. The second-order valence-corrected chi connectivity index (χ2v) is 12.4. The number of halogens is 1. The number of hydrogen-bond acceptors (Lipinski definition) is 6. The fourth-order valence-corrected chi connectivity index (χ4v) is 7.21. The van der Waals surface area contributed by atoms with Gasteiger partial charge >= 0.3 is 0 Å². The Morgan fingerprint density at radius 3 is 2.11 bits per heavy atom. The molecule has 0 unspecified atom stereocenters. The van der Waals surface area contributed by atoms with Crippen LogP contribution in [0.2, 0.25) is 5.02 Å². The molecule has 9 heteroatoms. The van der Waals surface area contributed by atoms with E-state index in [1.54, 1.807) is 41.9 Å². The minimum Gasteiger partial charge on any atom is -0.390 e. The maximum absolute atomic E-state index is 13.6. The quantitative estimate of drug-likeness (QED) is 0.229. The zero-order chi connectivity index (χ0) is 30.4. The Labute approximate surface area is 257 Å². The fourth-order valence-electron chi connectivity index (χ4n) is 6.97. The molecular weight excluding hydrogens is 574 g/mol. The number of aliphatic hydroxyl groups is 1. The monoisotopic (exact) mass is 599 g/mol. The predicted octanol–water partition coefficient (Wildman–Crippen LogP) is 6.61. The Hall–Kier alpha value is -4.92. The molecule has 1 fully saturated rings. The van der Waals surface area contributed by atoms with Crippen molar-refractivity contribution in [2.75, 3.05) is 0 Å². The topological polar surface area (TPSA) is 101 Å². The van der Waals surface area contributed by atoms with Crippen LogP contribution in [0.4, 0.5) is 0 Å². The summed E-state index contributed by atoms with van der Waals surface area (Å²) in [5, 5.41) is 16.9. The van der Waals surface area contributed by atoms with E-state index in [4.69, 9.17) is 16.6 Å². The molecule has 6 aromatic rings. The van der Waals surface area contributed by atoms with Gasteiger partial charge in [0.05, 0.1) is 33.7 Å². The van der Waals surface area contributed by atoms with E-state index in [2.05, 4.69) is 10.1 Å². The van der Waals surface area contributed by atoms with Crippen molar-refractivity contribution in [1.29, 1.82) is 0 Å². The summed E-state index contributed by atoms with van der Waals surface area (Å²) in [5.74, 6) is -0.677. The molecule has 1 aliphatic carbocycles. The molecule has 0 radical (unpaired) electrons. The van der Waals surface area contributed by atoms with Gasteiger partial charge in [-0.1, -0.05) is 66.2 Å². The largest absolute Gasteiger partial charge is 0.390 e. The van der Waals surface area contributed by atoms with E-state index in [1.807, 2.05) is 67.6 Å². The number of hydrogen-bond donors (Lipinski definition) is 1. The van der Waals surface area contributed by atoms with E-state index >= 15 is 0 Å². The van der Waals surface area contributed by atoms with Crippen molar-refractivity contribution in [2.45, 2.75) is 37.8 Å². The maximum atomic E-state index is 13.6. The average molecular weight is 600 g/mol. The van der Waals surface area contributed by atoms with E-state index in [-0.39, 0.29) is 24.7 Å². The number of carbonyl (C=O) groups excluding carboxylic acids is 2. The third-order valence-electron chi connectivity index (χ3n) is 8.81. The summed E-state index contributed by atoms with van der Waals surface area (Å²) >= 11 is 6.69. The number of benzene rings is 3. The van der Waals surface area contributed by atoms with Crippen LogP contribution in [0.25, 0.3) is 39.1 Å². The van der Waals surface area contributed by atoms with Crippen molar-refractivity contribution in [2.24, 2.45) is 0 Å². The second kappa shape index (κ2) is 9.29. The van der Waals surface area contributed by atoms with Gasteiger partial charge in [0.1, 0.15) is 0 Å². The van der Waals surface area contributed by atoms with Gasteiger partial charge in [0.2, 0.25) is 0 Å². The number of amides is 2. The van der Waals surface area contributed by atoms with Gasteiger partial charge in [0.15, 0.2) is 11.3 Å². The molecule has 1 saturated carbocycles. The molecule has 0 saturated heterocycles. The van der Waals surface area contributed by atoms with Crippen LogP contribution in [0, 0.1) is 6.92 Å². The summed E-state index contributed by atoms with van der Waals surface area (Å²) in [6.45, 7) is 3.65. The second-order valence-electron chi connectivity index (χ2n) is 12.0. The summed E-state index contributed by atoms with van der Waals surface area (Å²) in [6.07, 6.45) is 2.28. The highest BCUT2D eigenvalue weighted by molar-refractivity contribution is 6.33. The van der Waals surface area contributed by atoms with Crippen LogP contribution in [0.5, 0.6) is 0 Å². The van der Waals surface area contributed by atoms with Crippen LogP contribution in [-0.4, -0.2) is 47.0 Å². The fraction of sp³-hybridized carbons (Fsp3) is 0.171. The van der Waals surface area contributed by atoms with Gasteiger partial charge in [0.25, 0.3) is 11.8 Å². The van der Waals surface area contributed by atoms with E-state index < -0.39 is 11.1 Å². The number of nitrogens with zero attached hydrogens (tertiary/aromatic N) is 5. The third-order valence-corrected chi connectivity index (χ3v) is 9.14.